The summed E-state index contributed by atoms with van der Waals surface area (Å²) in [7, 11) is 0. The topological polar surface area (TPSA) is 64.3 Å². The van der Waals surface area contributed by atoms with Gasteiger partial charge >= 0.3 is 0 Å². The average molecular weight is 236 g/mol. The van der Waals surface area contributed by atoms with E-state index in [2.05, 4.69) is 5.32 Å². The Labute approximate surface area is 102 Å². The Bertz CT molecular complexity index is 364. The van der Waals surface area contributed by atoms with Gasteiger partial charge in [0.2, 0.25) is 0 Å². The van der Waals surface area contributed by atoms with Crippen molar-refractivity contribution in [2.45, 2.75) is 26.4 Å². The molecule has 4 heteroatoms. The molecule has 0 saturated carbocycles. The van der Waals surface area contributed by atoms with Gasteiger partial charge in [0.25, 0.3) is 5.91 Å². The van der Waals surface area contributed by atoms with Crippen LogP contribution in [0.25, 0.3) is 0 Å². The third-order valence-corrected chi connectivity index (χ3v) is 2.13. The monoisotopic (exact) mass is 236 g/mol. The van der Waals surface area contributed by atoms with Gasteiger partial charge in [0, 0.05) is 12.1 Å². The minimum atomic E-state index is -0.0901. The summed E-state index contributed by atoms with van der Waals surface area (Å²) in [6.07, 6.45) is 0.888. The minimum absolute atomic E-state index is 0.0901. The molecule has 0 aromatic heterocycles. The normalized spacial score (nSPS) is 10.4. The van der Waals surface area contributed by atoms with Crippen molar-refractivity contribution in [2.24, 2.45) is 5.73 Å². The van der Waals surface area contributed by atoms with Gasteiger partial charge in [-0.05, 0) is 45.0 Å². The highest BCUT2D eigenvalue weighted by Gasteiger charge is 2.06. The molecule has 4 nitrogen and oxygen atoms in total. The molecule has 1 aromatic carbocycles. The zero-order chi connectivity index (χ0) is 12.7. The fourth-order valence-corrected chi connectivity index (χ4v) is 1.39. The number of rotatable bonds is 6. The maximum atomic E-state index is 11.8. The lowest BCUT2D eigenvalue weighted by molar-refractivity contribution is 0.0952. The first-order valence-electron chi connectivity index (χ1n) is 5.88. The van der Waals surface area contributed by atoms with Crippen LogP contribution in [0.5, 0.6) is 5.75 Å². The number of nitrogens with two attached hydrogens (primary N) is 1. The number of nitrogens with one attached hydrogen (secondary N) is 1. The molecule has 0 spiro atoms. The molecule has 0 aliphatic heterocycles. The molecular weight excluding hydrogens is 216 g/mol. The van der Waals surface area contributed by atoms with Gasteiger partial charge in [0.1, 0.15) is 5.75 Å². The number of benzene rings is 1. The summed E-state index contributed by atoms with van der Waals surface area (Å²) < 4.78 is 5.53. The first-order valence-corrected chi connectivity index (χ1v) is 5.88. The fraction of sp³-hybridized carbons (Fsp3) is 0.462. The second kappa shape index (κ2) is 6.91. The summed E-state index contributed by atoms with van der Waals surface area (Å²) in [6, 6.07) is 7.18. The minimum Gasteiger partial charge on any atom is -0.491 e. The predicted octanol–water partition coefficient (Wildman–Crippen LogP) is 1.55. The number of carbonyl (C=O) groups excluding carboxylic acids is 1. The van der Waals surface area contributed by atoms with E-state index in [0.29, 0.717) is 24.4 Å². The van der Waals surface area contributed by atoms with E-state index in [4.69, 9.17) is 10.5 Å². The van der Waals surface area contributed by atoms with E-state index in [1.54, 1.807) is 12.1 Å². The molecule has 1 amide bonds. The molecule has 0 aliphatic rings. The molecular formula is C13H20N2O2. The zero-order valence-electron chi connectivity index (χ0n) is 10.4. The van der Waals surface area contributed by atoms with Crippen LogP contribution in [0.4, 0.5) is 0 Å². The van der Waals surface area contributed by atoms with Crippen molar-refractivity contribution >= 4 is 5.91 Å². The molecule has 0 unspecified atom stereocenters. The van der Waals surface area contributed by atoms with Crippen LogP contribution in [0.2, 0.25) is 0 Å². The zero-order valence-corrected chi connectivity index (χ0v) is 10.4. The van der Waals surface area contributed by atoms with Crippen molar-refractivity contribution in [1.82, 2.24) is 5.32 Å². The van der Waals surface area contributed by atoms with Crippen molar-refractivity contribution in [2.75, 3.05) is 13.1 Å². The lowest BCUT2D eigenvalue weighted by atomic mass is 10.2. The molecule has 94 valence electrons. The van der Waals surface area contributed by atoms with Crippen LogP contribution in [-0.2, 0) is 0 Å². The van der Waals surface area contributed by atoms with Gasteiger partial charge in [-0.25, -0.2) is 0 Å². The lowest BCUT2D eigenvalue weighted by Crippen LogP contribution is -2.25. The van der Waals surface area contributed by atoms with Crippen LogP contribution in [0.15, 0.2) is 24.3 Å². The number of carbonyl (C=O) groups is 1. The van der Waals surface area contributed by atoms with E-state index in [9.17, 15) is 4.79 Å². The van der Waals surface area contributed by atoms with Crippen molar-refractivity contribution in [3.8, 4) is 5.75 Å². The Hall–Kier alpha value is -1.55. The lowest BCUT2D eigenvalue weighted by Gasteiger charge is -2.11. The van der Waals surface area contributed by atoms with E-state index in [0.717, 1.165) is 6.42 Å². The summed E-state index contributed by atoms with van der Waals surface area (Å²) in [6.45, 7) is 5.09. The maximum absolute atomic E-state index is 11.8. The van der Waals surface area contributed by atoms with Crippen molar-refractivity contribution < 1.29 is 9.53 Å². The first-order chi connectivity index (χ1) is 8.13. The van der Waals surface area contributed by atoms with Crippen LogP contribution in [-0.4, -0.2) is 25.1 Å². The summed E-state index contributed by atoms with van der Waals surface area (Å²) >= 11 is 0. The molecule has 0 bridgehead atoms. The van der Waals surface area contributed by atoms with E-state index in [1.807, 2.05) is 26.0 Å². The number of hydrogen-bond donors (Lipinski definition) is 2. The molecule has 0 heterocycles. The molecule has 0 atom stereocenters. The number of hydrogen-bond acceptors (Lipinski definition) is 3. The third-order valence-electron chi connectivity index (χ3n) is 2.13. The van der Waals surface area contributed by atoms with Gasteiger partial charge in [-0.15, -0.1) is 0 Å². The highest BCUT2D eigenvalue weighted by Crippen LogP contribution is 2.14. The summed E-state index contributed by atoms with van der Waals surface area (Å²) in [5.74, 6) is 0.624. The quantitative estimate of drug-likeness (QED) is 0.737. The molecule has 17 heavy (non-hydrogen) atoms. The van der Waals surface area contributed by atoms with Crippen LogP contribution in [0, 0.1) is 0 Å². The van der Waals surface area contributed by atoms with Gasteiger partial charge in [0.05, 0.1) is 6.10 Å². The first kappa shape index (κ1) is 13.5. The van der Waals surface area contributed by atoms with Gasteiger partial charge in [-0.1, -0.05) is 6.07 Å². The van der Waals surface area contributed by atoms with E-state index >= 15 is 0 Å². The van der Waals surface area contributed by atoms with Crippen LogP contribution in [0.1, 0.15) is 30.6 Å². The summed E-state index contributed by atoms with van der Waals surface area (Å²) in [5.41, 5.74) is 5.97. The Morgan fingerprint density at radius 2 is 2.24 bits per heavy atom. The van der Waals surface area contributed by atoms with Crippen molar-refractivity contribution in [1.29, 1.82) is 0 Å². The molecule has 0 fully saturated rings. The second-order valence-electron chi connectivity index (χ2n) is 4.09. The van der Waals surface area contributed by atoms with Gasteiger partial charge in [-0.2, -0.15) is 0 Å². The van der Waals surface area contributed by atoms with Gasteiger partial charge < -0.3 is 15.8 Å². The standard InChI is InChI=1S/C13H20N2O2/c1-10(2)17-12-6-3-5-11(9-12)13(16)15-8-4-7-14/h3,5-6,9-10H,4,7-8,14H2,1-2H3,(H,15,16). The van der Waals surface area contributed by atoms with E-state index < -0.39 is 0 Å². The third kappa shape index (κ3) is 4.87. The molecule has 1 rings (SSSR count). The highest BCUT2D eigenvalue weighted by atomic mass is 16.5. The highest BCUT2D eigenvalue weighted by molar-refractivity contribution is 5.94. The maximum Gasteiger partial charge on any atom is 0.251 e. The number of amides is 1. The number of ether oxygens (including phenoxy) is 1. The van der Waals surface area contributed by atoms with E-state index in [-0.39, 0.29) is 12.0 Å². The van der Waals surface area contributed by atoms with Crippen LogP contribution >= 0.6 is 0 Å². The van der Waals surface area contributed by atoms with Crippen molar-refractivity contribution in [3.05, 3.63) is 29.8 Å². The van der Waals surface area contributed by atoms with Crippen LogP contribution < -0.4 is 15.8 Å². The smallest absolute Gasteiger partial charge is 0.251 e. The Morgan fingerprint density at radius 1 is 1.47 bits per heavy atom. The average Bonchev–Trinajstić information content (AvgIpc) is 2.28. The fourth-order valence-electron chi connectivity index (χ4n) is 1.39. The second-order valence-corrected chi connectivity index (χ2v) is 4.09. The SMILES string of the molecule is CC(C)Oc1cccc(C(=O)NCCCN)c1. The van der Waals surface area contributed by atoms with Crippen LogP contribution in [0.3, 0.4) is 0 Å². The molecule has 0 saturated heterocycles. The summed E-state index contributed by atoms with van der Waals surface area (Å²) in [4.78, 5) is 11.8. The Kier molecular flexibility index (Phi) is 5.49. The summed E-state index contributed by atoms with van der Waals surface area (Å²) in [5, 5.41) is 2.81. The predicted molar refractivity (Wildman–Crippen MR) is 68.2 cm³/mol. The van der Waals surface area contributed by atoms with Gasteiger partial charge in [0.15, 0.2) is 0 Å². The molecule has 3 N–H and O–H groups in total. The van der Waals surface area contributed by atoms with E-state index in [1.165, 1.54) is 0 Å². The van der Waals surface area contributed by atoms with Crippen molar-refractivity contribution in [3.63, 3.8) is 0 Å². The molecule has 1 aromatic rings. The Balaban J connectivity index is 2.60. The Morgan fingerprint density at radius 3 is 2.88 bits per heavy atom. The largest absolute Gasteiger partial charge is 0.491 e. The molecule has 0 aliphatic carbocycles. The van der Waals surface area contributed by atoms with Gasteiger partial charge in [-0.3, -0.25) is 4.79 Å². The molecule has 0 radical (unpaired) electrons.